The van der Waals surface area contributed by atoms with Gasteiger partial charge in [-0.1, -0.05) is 22.9 Å². The molecule has 0 fully saturated rings. The maximum Gasteiger partial charge on any atom is 0.318 e. The first kappa shape index (κ1) is 18.4. The van der Waals surface area contributed by atoms with E-state index in [4.69, 9.17) is 16.2 Å². The van der Waals surface area contributed by atoms with Gasteiger partial charge in [-0.05, 0) is 56.0 Å². The van der Waals surface area contributed by atoms with Gasteiger partial charge in [0.2, 0.25) is 0 Å². The summed E-state index contributed by atoms with van der Waals surface area (Å²) in [6.07, 6.45) is 2.99. The smallest absolute Gasteiger partial charge is 0.318 e. The summed E-state index contributed by atoms with van der Waals surface area (Å²) in [4.78, 5) is 15.9. The summed E-state index contributed by atoms with van der Waals surface area (Å²) in [6.45, 7) is 6.05. The fourth-order valence-electron chi connectivity index (χ4n) is 2.96. The Balaban J connectivity index is 2.58. The number of nitrogens with one attached hydrogen (secondary N) is 1. The third-order valence-corrected chi connectivity index (χ3v) is 5.08. The molecule has 6 heteroatoms. The minimum absolute atomic E-state index is 0.285. The van der Waals surface area contributed by atoms with Gasteiger partial charge in [-0.25, -0.2) is 0 Å². The molecule has 5 nitrogen and oxygen atoms in total. The van der Waals surface area contributed by atoms with Gasteiger partial charge in [-0.2, -0.15) is 0 Å². The van der Waals surface area contributed by atoms with E-state index in [-0.39, 0.29) is 5.97 Å². The SMILES string of the molecule is CCOC(=O)C(C)(Cc1c(N)c(N)cc(Br)c1CC)c1ccc[nH]1. The Morgan fingerprint density at radius 3 is 2.58 bits per heavy atom. The molecule has 0 spiro atoms. The predicted octanol–water partition coefficient (Wildman–Crippen LogP) is 3.57. The average Bonchev–Trinajstić information content (AvgIpc) is 3.07. The van der Waals surface area contributed by atoms with E-state index in [0.29, 0.717) is 24.4 Å². The number of carbonyl (C=O) groups is 1. The summed E-state index contributed by atoms with van der Waals surface area (Å²) in [5.41, 5.74) is 15.2. The van der Waals surface area contributed by atoms with Gasteiger partial charge in [0.1, 0.15) is 5.41 Å². The third-order valence-electron chi connectivity index (χ3n) is 4.37. The van der Waals surface area contributed by atoms with Crippen LogP contribution in [0.15, 0.2) is 28.9 Å². The predicted molar refractivity (Wildman–Crippen MR) is 101 cm³/mol. The molecule has 0 saturated carbocycles. The highest BCUT2D eigenvalue weighted by atomic mass is 79.9. The zero-order valence-electron chi connectivity index (χ0n) is 14.3. The molecule has 0 aliphatic heterocycles. The highest BCUT2D eigenvalue weighted by molar-refractivity contribution is 9.10. The molecule has 1 heterocycles. The Labute approximate surface area is 150 Å². The fourth-order valence-corrected chi connectivity index (χ4v) is 3.73. The van der Waals surface area contributed by atoms with Crippen LogP contribution in [0.4, 0.5) is 11.4 Å². The molecule has 0 aliphatic carbocycles. The van der Waals surface area contributed by atoms with Crippen molar-refractivity contribution < 1.29 is 9.53 Å². The molecule has 0 radical (unpaired) electrons. The number of nitrogen functional groups attached to an aromatic ring is 2. The molecule has 2 aromatic rings. The molecule has 2 rings (SSSR count). The van der Waals surface area contributed by atoms with Gasteiger partial charge in [0.05, 0.1) is 18.0 Å². The number of hydrogen-bond acceptors (Lipinski definition) is 4. The number of rotatable bonds is 6. The van der Waals surface area contributed by atoms with Crippen molar-refractivity contribution in [3.63, 3.8) is 0 Å². The van der Waals surface area contributed by atoms with Crippen LogP contribution in [0.1, 0.15) is 37.6 Å². The van der Waals surface area contributed by atoms with Gasteiger partial charge in [0.25, 0.3) is 0 Å². The summed E-state index contributed by atoms with van der Waals surface area (Å²) in [5.74, 6) is -0.285. The number of ether oxygens (including phenoxy) is 1. The van der Waals surface area contributed by atoms with Crippen LogP contribution in [0.3, 0.4) is 0 Å². The molecule has 1 aromatic carbocycles. The van der Waals surface area contributed by atoms with Crippen molar-refractivity contribution in [1.82, 2.24) is 4.98 Å². The number of benzene rings is 1. The molecule has 130 valence electrons. The Kier molecular flexibility index (Phi) is 5.59. The zero-order valence-corrected chi connectivity index (χ0v) is 15.9. The van der Waals surface area contributed by atoms with Crippen molar-refractivity contribution in [2.45, 2.75) is 39.0 Å². The van der Waals surface area contributed by atoms with Crippen LogP contribution >= 0.6 is 15.9 Å². The molecule has 5 N–H and O–H groups in total. The number of aromatic nitrogens is 1. The van der Waals surface area contributed by atoms with Crippen molar-refractivity contribution in [3.8, 4) is 0 Å². The van der Waals surface area contributed by atoms with E-state index in [1.165, 1.54) is 0 Å². The molecular weight excluding hydrogens is 370 g/mol. The molecule has 1 atom stereocenters. The van der Waals surface area contributed by atoms with Crippen molar-refractivity contribution in [3.05, 3.63) is 45.7 Å². The maximum atomic E-state index is 12.7. The Bertz CT molecular complexity index is 728. The Morgan fingerprint density at radius 1 is 1.33 bits per heavy atom. The molecule has 1 unspecified atom stereocenters. The summed E-state index contributed by atoms with van der Waals surface area (Å²) in [5, 5.41) is 0. The molecule has 1 aromatic heterocycles. The fraction of sp³-hybridized carbons (Fsp3) is 0.389. The van der Waals surface area contributed by atoms with E-state index in [9.17, 15) is 4.79 Å². The van der Waals surface area contributed by atoms with Crippen molar-refractivity contribution in [2.24, 2.45) is 0 Å². The molecule has 0 amide bonds. The van der Waals surface area contributed by atoms with E-state index in [0.717, 1.165) is 27.7 Å². The van der Waals surface area contributed by atoms with Crippen LogP contribution < -0.4 is 11.5 Å². The van der Waals surface area contributed by atoms with Crippen LogP contribution in [-0.4, -0.2) is 17.6 Å². The van der Waals surface area contributed by atoms with E-state index >= 15 is 0 Å². The number of H-pyrrole nitrogens is 1. The molecular formula is C18H24BrN3O2. The largest absolute Gasteiger partial charge is 0.465 e. The number of esters is 1. The number of carbonyl (C=O) groups excluding carboxylic acids is 1. The lowest BCUT2D eigenvalue weighted by Gasteiger charge is -2.29. The van der Waals surface area contributed by atoms with E-state index in [2.05, 4.69) is 27.8 Å². The van der Waals surface area contributed by atoms with Gasteiger partial charge < -0.3 is 21.2 Å². The quantitative estimate of drug-likeness (QED) is 0.516. The van der Waals surface area contributed by atoms with Crippen LogP contribution in [0.5, 0.6) is 0 Å². The lowest BCUT2D eigenvalue weighted by Crippen LogP contribution is -2.37. The van der Waals surface area contributed by atoms with Crippen LogP contribution in [0.25, 0.3) is 0 Å². The molecule has 0 bridgehead atoms. The highest BCUT2D eigenvalue weighted by Crippen LogP contribution is 2.37. The molecule has 0 saturated heterocycles. The monoisotopic (exact) mass is 393 g/mol. The second kappa shape index (κ2) is 7.30. The topological polar surface area (TPSA) is 94.1 Å². The normalized spacial score (nSPS) is 13.5. The number of hydrogen-bond donors (Lipinski definition) is 3. The van der Waals surface area contributed by atoms with Crippen LogP contribution in [0.2, 0.25) is 0 Å². The lowest BCUT2D eigenvalue weighted by atomic mass is 9.78. The highest BCUT2D eigenvalue weighted by Gasteiger charge is 2.39. The minimum Gasteiger partial charge on any atom is -0.465 e. The average molecular weight is 394 g/mol. The van der Waals surface area contributed by atoms with Crippen LogP contribution in [-0.2, 0) is 27.8 Å². The van der Waals surface area contributed by atoms with Gasteiger partial charge >= 0.3 is 5.97 Å². The summed E-state index contributed by atoms with van der Waals surface area (Å²) in [6, 6.07) is 5.57. The number of aromatic amines is 1. The number of anilines is 2. The molecule has 24 heavy (non-hydrogen) atoms. The second-order valence-corrected chi connectivity index (χ2v) is 6.84. The van der Waals surface area contributed by atoms with Gasteiger partial charge in [0.15, 0.2) is 0 Å². The van der Waals surface area contributed by atoms with Gasteiger partial charge in [-0.15, -0.1) is 0 Å². The maximum absolute atomic E-state index is 12.7. The van der Waals surface area contributed by atoms with E-state index < -0.39 is 5.41 Å². The second-order valence-electron chi connectivity index (χ2n) is 5.99. The zero-order chi connectivity index (χ0) is 17.9. The van der Waals surface area contributed by atoms with E-state index in [1.807, 2.05) is 25.1 Å². The van der Waals surface area contributed by atoms with Gasteiger partial charge in [-0.3, -0.25) is 4.79 Å². The lowest BCUT2D eigenvalue weighted by molar-refractivity contribution is -0.149. The third kappa shape index (κ3) is 3.29. The van der Waals surface area contributed by atoms with E-state index in [1.54, 1.807) is 13.1 Å². The Hall–Kier alpha value is -1.95. The first-order chi connectivity index (χ1) is 11.3. The van der Waals surface area contributed by atoms with Crippen molar-refractivity contribution in [1.29, 1.82) is 0 Å². The summed E-state index contributed by atoms with van der Waals surface area (Å²) in [7, 11) is 0. The molecule has 0 aliphatic rings. The standard InChI is InChI=1S/C18H24BrN3O2/c1-4-11-12(16(21)14(20)9-13(11)19)10-18(3,17(23)24-5-2)15-7-6-8-22-15/h6-9,22H,4-5,10,20-21H2,1-3H3. The van der Waals surface area contributed by atoms with Crippen molar-refractivity contribution in [2.75, 3.05) is 18.1 Å². The van der Waals surface area contributed by atoms with Crippen LogP contribution in [0, 0.1) is 0 Å². The number of halogens is 1. The number of nitrogens with two attached hydrogens (primary N) is 2. The van der Waals surface area contributed by atoms with Crippen molar-refractivity contribution >= 4 is 33.3 Å². The first-order valence-electron chi connectivity index (χ1n) is 8.01. The first-order valence-corrected chi connectivity index (χ1v) is 8.80. The summed E-state index contributed by atoms with van der Waals surface area (Å²) >= 11 is 3.56. The Morgan fingerprint density at radius 2 is 2.04 bits per heavy atom. The summed E-state index contributed by atoms with van der Waals surface area (Å²) < 4.78 is 6.24. The van der Waals surface area contributed by atoms with Gasteiger partial charge in [0, 0.05) is 16.4 Å². The minimum atomic E-state index is -0.870.